The molecular formula is C28H23FN2O2. The van der Waals surface area contributed by atoms with E-state index in [0.717, 1.165) is 22.0 Å². The van der Waals surface area contributed by atoms with Gasteiger partial charge in [0.25, 0.3) is 5.91 Å². The van der Waals surface area contributed by atoms with Gasteiger partial charge in [0.2, 0.25) is 0 Å². The molecule has 1 heterocycles. The number of rotatable bonds is 6. The third-order valence-electron chi connectivity index (χ3n) is 5.35. The van der Waals surface area contributed by atoms with Crippen molar-refractivity contribution in [3.05, 3.63) is 108 Å². The number of allylic oxidation sites excluding steroid dienone is 4. The molecule has 2 N–H and O–H groups in total. The molecule has 0 aliphatic rings. The van der Waals surface area contributed by atoms with Crippen LogP contribution in [0.4, 0.5) is 10.1 Å². The van der Waals surface area contributed by atoms with Crippen molar-refractivity contribution in [3.8, 4) is 11.1 Å². The van der Waals surface area contributed by atoms with Gasteiger partial charge in [-0.15, -0.1) is 0 Å². The van der Waals surface area contributed by atoms with Crippen LogP contribution in [0.1, 0.15) is 29.9 Å². The lowest BCUT2D eigenvalue weighted by Gasteiger charge is -2.08. The Bertz CT molecular complexity index is 1400. The summed E-state index contributed by atoms with van der Waals surface area (Å²) in [6, 6.07) is 21.0. The Morgan fingerprint density at radius 3 is 2.39 bits per heavy atom. The van der Waals surface area contributed by atoms with Crippen molar-refractivity contribution in [2.75, 3.05) is 5.32 Å². The molecule has 0 bridgehead atoms. The van der Waals surface area contributed by atoms with Gasteiger partial charge in [0.15, 0.2) is 5.78 Å². The summed E-state index contributed by atoms with van der Waals surface area (Å²) in [5.74, 6) is -0.990. The summed E-state index contributed by atoms with van der Waals surface area (Å²) < 4.78 is 14.0. The molecule has 0 spiro atoms. The molecule has 0 atom stereocenters. The number of Topliss-reactive ketones (excluding diaryl/α,β-unsaturated/α-hetero) is 1. The van der Waals surface area contributed by atoms with Gasteiger partial charge in [-0.2, -0.15) is 0 Å². The number of amides is 1. The molecule has 0 aliphatic heterocycles. The Kier molecular flexibility index (Phi) is 6.31. The number of hydrogen-bond donors (Lipinski definition) is 2. The first-order valence-corrected chi connectivity index (χ1v) is 10.6. The minimum atomic E-state index is -0.499. The van der Waals surface area contributed by atoms with Gasteiger partial charge in [-0.25, -0.2) is 4.39 Å². The highest BCUT2D eigenvalue weighted by molar-refractivity contribution is 6.23. The predicted octanol–water partition coefficient (Wildman–Crippen LogP) is 6.77. The molecule has 5 heteroatoms. The number of aromatic amines is 1. The molecule has 4 nitrogen and oxygen atoms in total. The van der Waals surface area contributed by atoms with E-state index >= 15 is 0 Å². The lowest BCUT2D eigenvalue weighted by molar-refractivity contribution is -0.111. The standard InChI is InChI=1S/C28H23FN2O2/c1-3-4-12-21(18(2)32)27-26(19-10-6-5-7-11-19)22-17-20(15-16-24(22)30-27)28(33)31-25-14-9-8-13-23(25)29/h3-17,30H,1-2H3,(H,31,33)/b4-3-,21-12+. The van der Waals surface area contributed by atoms with Crippen LogP contribution < -0.4 is 5.32 Å². The van der Waals surface area contributed by atoms with Crippen molar-refractivity contribution in [2.24, 2.45) is 0 Å². The Hall–Kier alpha value is -4.25. The summed E-state index contributed by atoms with van der Waals surface area (Å²) in [7, 11) is 0. The number of aromatic nitrogens is 1. The molecule has 4 rings (SSSR count). The lowest BCUT2D eigenvalue weighted by atomic mass is 9.96. The molecule has 33 heavy (non-hydrogen) atoms. The molecular weight excluding hydrogens is 415 g/mol. The second kappa shape index (κ2) is 9.49. The molecule has 0 radical (unpaired) electrons. The van der Waals surface area contributed by atoms with Crippen LogP contribution in [0.25, 0.3) is 27.6 Å². The van der Waals surface area contributed by atoms with Crippen molar-refractivity contribution in [3.63, 3.8) is 0 Å². The highest BCUT2D eigenvalue weighted by atomic mass is 19.1. The number of ketones is 1. The zero-order chi connectivity index (χ0) is 23.4. The van der Waals surface area contributed by atoms with Crippen LogP contribution in [0.2, 0.25) is 0 Å². The van der Waals surface area contributed by atoms with Gasteiger partial charge in [0.05, 0.1) is 11.4 Å². The smallest absolute Gasteiger partial charge is 0.255 e. The second-order valence-corrected chi connectivity index (χ2v) is 7.60. The van der Waals surface area contributed by atoms with Crippen molar-refractivity contribution in [1.29, 1.82) is 0 Å². The largest absolute Gasteiger partial charge is 0.354 e. The van der Waals surface area contributed by atoms with E-state index < -0.39 is 11.7 Å². The van der Waals surface area contributed by atoms with E-state index in [0.29, 0.717) is 16.8 Å². The van der Waals surface area contributed by atoms with E-state index in [9.17, 15) is 14.0 Å². The lowest BCUT2D eigenvalue weighted by Crippen LogP contribution is -2.12. The fraction of sp³-hybridized carbons (Fsp3) is 0.0714. The van der Waals surface area contributed by atoms with Crippen LogP contribution in [0.3, 0.4) is 0 Å². The van der Waals surface area contributed by atoms with Crippen LogP contribution in [0.15, 0.2) is 91.0 Å². The minimum absolute atomic E-state index is 0.0747. The number of hydrogen-bond acceptors (Lipinski definition) is 2. The molecule has 3 aromatic carbocycles. The van der Waals surface area contributed by atoms with Crippen LogP contribution in [0.5, 0.6) is 0 Å². The molecule has 1 amide bonds. The number of para-hydroxylation sites is 1. The zero-order valence-electron chi connectivity index (χ0n) is 18.4. The van der Waals surface area contributed by atoms with Gasteiger partial charge < -0.3 is 10.3 Å². The zero-order valence-corrected chi connectivity index (χ0v) is 18.4. The van der Waals surface area contributed by atoms with E-state index in [-0.39, 0.29) is 11.5 Å². The molecule has 0 saturated heterocycles. The fourth-order valence-electron chi connectivity index (χ4n) is 3.77. The SMILES string of the molecule is C/C=C\C=C(/C(C)=O)c1[nH]c2ccc(C(=O)Nc3ccccc3F)cc2c1-c1ccccc1. The summed E-state index contributed by atoms with van der Waals surface area (Å²) >= 11 is 0. The summed E-state index contributed by atoms with van der Waals surface area (Å²) in [6.45, 7) is 3.42. The fourth-order valence-corrected chi connectivity index (χ4v) is 3.77. The number of anilines is 1. The second-order valence-electron chi connectivity index (χ2n) is 7.60. The Balaban J connectivity index is 1.88. The highest BCUT2D eigenvalue weighted by Crippen LogP contribution is 2.37. The first-order valence-electron chi connectivity index (χ1n) is 10.6. The summed E-state index contributed by atoms with van der Waals surface area (Å²) in [4.78, 5) is 28.7. The van der Waals surface area contributed by atoms with Crippen LogP contribution in [-0.2, 0) is 4.79 Å². The molecule has 164 valence electrons. The van der Waals surface area contributed by atoms with Crippen molar-refractivity contribution in [2.45, 2.75) is 13.8 Å². The molecule has 4 aromatic rings. The number of carbonyl (C=O) groups is 2. The molecule has 0 saturated carbocycles. The maximum absolute atomic E-state index is 14.0. The number of nitrogens with one attached hydrogen (secondary N) is 2. The monoisotopic (exact) mass is 438 g/mol. The van der Waals surface area contributed by atoms with Gasteiger partial charge in [0.1, 0.15) is 5.82 Å². The predicted molar refractivity (Wildman–Crippen MR) is 132 cm³/mol. The van der Waals surface area contributed by atoms with E-state index in [4.69, 9.17) is 0 Å². The highest BCUT2D eigenvalue weighted by Gasteiger charge is 2.20. The van der Waals surface area contributed by atoms with Gasteiger partial charge in [-0.05, 0) is 55.8 Å². The van der Waals surface area contributed by atoms with Crippen LogP contribution in [0, 0.1) is 5.82 Å². The normalized spacial score (nSPS) is 11.8. The molecule has 0 unspecified atom stereocenters. The first-order chi connectivity index (χ1) is 16.0. The van der Waals surface area contributed by atoms with E-state index in [2.05, 4.69) is 10.3 Å². The van der Waals surface area contributed by atoms with E-state index in [1.807, 2.05) is 49.4 Å². The van der Waals surface area contributed by atoms with Crippen LogP contribution >= 0.6 is 0 Å². The topological polar surface area (TPSA) is 62.0 Å². The quantitative estimate of drug-likeness (QED) is 0.258. The molecule has 0 fully saturated rings. The summed E-state index contributed by atoms with van der Waals surface area (Å²) in [5, 5.41) is 3.42. The maximum Gasteiger partial charge on any atom is 0.255 e. The van der Waals surface area contributed by atoms with Crippen molar-refractivity contribution >= 4 is 33.9 Å². The third kappa shape index (κ3) is 4.53. The molecule has 0 aliphatic carbocycles. The number of carbonyl (C=O) groups excluding carboxylic acids is 2. The number of fused-ring (bicyclic) bond motifs is 1. The van der Waals surface area contributed by atoms with Crippen molar-refractivity contribution < 1.29 is 14.0 Å². The van der Waals surface area contributed by atoms with Gasteiger partial charge in [-0.1, -0.05) is 54.6 Å². The van der Waals surface area contributed by atoms with Gasteiger partial charge in [0, 0.05) is 27.6 Å². The van der Waals surface area contributed by atoms with Crippen molar-refractivity contribution in [1.82, 2.24) is 4.98 Å². The average molecular weight is 439 g/mol. The average Bonchev–Trinajstić information content (AvgIpc) is 3.19. The maximum atomic E-state index is 14.0. The van der Waals surface area contributed by atoms with E-state index in [1.54, 1.807) is 36.4 Å². The van der Waals surface area contributed by atoms with Gasteiger partial charge in [-0.3, -0.25) is 9.59 Å². The first kappa shape index (κ1) is 22.0. The third-order valence-corrected chi connectivity index (χ3v) is 5.35. The number of halogens is 1. The van der Waals surface area contributed by atoms with Crippen LogP contribution in [-0.4, -0.2) is 16.7 Å². The minimum Gasteiger partial charge on any atom is -0.354 e. The van der Waals surface area contributed by atoms with Gasteiger partial charge >= 0.3 is 0 Å². The summed E-state index contributed by atoms with van der Waals surface area (Å²) in [5.41, 5.74) is 4.27. The molecule has 1 aromatic heterocycles. The van der Waals surface area contributed by atoms with E-state index in [1.165, 1.54) is 19.1 Å². The number of H-pyrrole nitrogens is 1. The Morgan fingerprint density at radius 2 is 1.70 bits per heavy atom. The Labute approximate surface area is 191 Å². The number of benzene rings is 3. The Morgan fingerprint density at radius 1 is 0.970 bits per heavy atom. The summed E-state index contributed by atoms with van der Waals surface area (Å²) in [6.07, 6.45) is 5.47.